The van der Waals surface area contributed by atoms with Gasteiger partial charge in [0.25, 0.3) is 0 Å². The molecule has 2 aromatic rings. The van der Waals surface area contributed by atoms with E-state index in [1.54, 1.807) is 0 Å². The summed E-state index contributed by atoms with van der Waals surface area (Å²) in [6, 6.07) is 3.80. The second-order valence-corrected chi connectivity index (χ2v) is 5.05. The number of nitrogen functional groups attached to an aromatic ring is 1. The van der Waals surface area contributed by atoms with Crippen LogP contribution in [0.3, 0.4) is 0 Å². The molecule has 0 atom stereocenters. The predicted molar refractivity (Wildman–Crippen MR) is 73.0 cm³/mol. The minimum Gasteiger partial charge on any atom is -0.398 e. The number of nitrogens with zero attached hydrogens (tertiary/aromatic N) is 1. The molecule has 0 saturated carbocycles. The van der Waals surface area contributed by atoms with Gasteiger partial charge in [0.2, 0.25) is 0 Å². The Morgan fingerprint density at radius 2 is 2.12 bits per heavy atom. The van der Waals surface area contributed by atoms with Crippen molar-refractivity contribution >= 4 is 44.1 Å². The number of aromatic nitrogens is 1. The van der Waals surface area contributed by atoms with Crippen molar-refractivity contribution in [3.63, 3.8) is 0 Å². The van der Waals surface area contributed by atoms with E-state index in [1.165, 1.54) is 0 Å². The van der Waals surface area contributed by atoms with Gasteiger partial charge in [0.1, 0.15) is 0 Å². The number of hydrogen-bond acceptors (Lipinski definition) is 2. The SMILES string of the molecule is CCc1c(C)nc2c(Cl)cc(Br)cc2c1N. The van der Waals surface area contributed by atoms with E-state index in [0.29, 0.717) is 5.02 Å². The molecule has 0 saturated heterocycles. The van der Waals surface area contributed by atoms with Crippen LogP contribution in [0.5, 0.6) is 0 Å². The first-order chi connectivity index (χ1) is 7.54. The quantitative estimate of drug-likeness (QED) is 0.861. The average molecular weight is 300 g/mol. The van der Waals surface area contributed by atoms with Crippen LogP contribution in [-0.4, -0.2) is 4.98 Å². The Morgan fingerprint density at radius 3 is 2.75 bits per heavy atom. The molecule has 16 heavy (non-hydrogen) atoms. The smallest absolute Gasteiger partial charge is 0.0913 e. The normalized spacial score (nSPS) is 11.0. The molecule has 0 fully saturated rings. The maximum atomic E-state index is 6.15. The lowest BCUT2D eigenvalue weighted by Crippen LogP contribution is -2.00. The van der Waals surface area contributed by atoms with Crippen LogP contribution in [0, 0.1) is 6.92 Å². The Hall–Kier alpha value is -0.800. The fraction of sp³-hybridized carbons (Fsp3) is 0.250. The molecule has 0 bridgehead atoms. The highest BCUT2D eigenvalue weighted by atomic mass is 79.9. The summed E-state index contributed by atoms with van der Waals surface area (Å²) in [5.41, 5.74) is 9.76. The van der Waals surface area contributed by atoms with Crippen molar-refractivity contribution in [2.24, 2.45) is 0 Å². The first kappa shape index (κ1) is 11.7. The number of aryl methyl sites for hydroxylation is 1. The van der Waals surface area contributed by atoms with Crippen LogP contribution in [-0.2, 0) is 6.42 Å². The van der Waals surface area contributed by atoms with E-state index in [0.717, 1.165) is 38.7 Å². The summed E-state index contributed by atoms with van der Waals surface area (Å²) in [6.45, 7) is 4.04. The summed E-state index contributed by atoms with van der Waals surface area (Å²) in [4.78, 5) is 4.52. The van der Waals surface area contributed by atoms with Gasteiger partial charge < -0.3 is 5.73 Å². The van der Waals surface area contributed by atoms with Crippen LogP contribution in [0.4, 0.5) is 5.69 Å². The molecular formula is C12H12BrClN2. The minimum absolute atomic E-state index is 0.627. The summed E-state index contributed by atoms with van der Waals surface area (Å²) in [5.74, 6) is 0. The van der Waals surface area contributed by atoms with Crippen LogP contribution in [0.1, 0.15) is 18.2 Å². The molecule has 0 amide bonds. The van der Waals surface area contributed by atoms with Gasteiger partial charge in [-0.1, -0.05) is 34.5 Å². The second-order valence-electron chi connectivity index (χ2n) is 3.73. The number of anilines is 1. The third-order valence-corrected chi connectivity index (χ3v) is 3.46. The van der Waals surface area contributed by atoms with Gasteiger partial charge in [-0.3, -0.25) is 4.98 Å². The van der Waals surface area contributed by atoms with Gasteiger partial charge in [-0.25, -0.2) is 0 Å². The van der Waals surface area contributed by atoms with Crippen LogP contribution in [0.15, 0.2) is 16.6 Å². The van der Waals surface area contributed by atoms with Gasteiger partial charge in [-0.15, -0.1) is 0 Å². The van der Waals surface area contributed by atoms with E-state index < -0.39 is 0 Å². The standard InChI is InChI=1S/C12H12BrClN2/c1-3-8-6(2)16-12-9(11(8)15)4-7(13)5-10(12)14/h4-5H,3H2,1-2H3,(H2,15,16). The fourth-order valence-electron chi connectivity index (χ4n) is 1.92. The van der Waals surface area contributed by atoms with Gasteiger partial charge in [0, 0.05) is 21.2 Å². The topological polar surface area (TPSA) is 38.9 Å². The van der Waals surface area contributed by atoms with Crippen molar-refractivity contribution in [2.45, 2.75) is 20.3 Å². The molecule has 4 heteroatoms. The van der Waals surface area contributed by atoms with Crippen LogP contribution in [0.2, 0.25) is 5.02 Å². The highest BCUT2D eigenvalue weighted by Crippen LogP contribution is 2.33. The number of pyridine rings is 1. The van der Waals surface area contributed by atoms with E-state index in [1.807, 2.05) is 19.1 Å². The molecule has 84 valence electrons. The van der Waals surface area contributed by atoms with E-state index >= 15 is 0 Å². The van der Waals surface area contributed by atoms with Crippen molar-refractivity contribution in [1.82, 2.24) is 4.98 Å². The van der Waals surface area contributed by atoms with E-state index in [-0.39, 0.29) is 0 Å². The van der Waals surface area contributed by atoms with Crippen LogP contribution in [0.25, 0.3) is 10.9 Å². The molecule has 2 rings (SSSR count). The maximum absolute atomic E-state index is 6.15. The van der Waals surface area contributed by atoms with Gasteiger partial charge in [0.15, 0.2) is 0 Å². The first-order valence-electron chi connectivity index (χ1n) is 5.08. The minimum atomic E-state index is 0.627. The third-order valence-electron chi connectivity index (χ3n) is 2.71. The summed E-state index contributed by atoms with van der Waals surface area (Å²) >= 11 is 9.57. The van der Waals surface area contributed by atoms with Crippen LogP contribution >= 0.6 is 27.5 Å². The van der Waals surface area contributed by atoms with Crippen molar-refractivity contribution in [2.75, 3.05) is 5.73 Å². The lowest BCUT2D eigenvalue weighted by Gasteiger charge is -2.11. The lowest BCUT2D eigenvalue weighted by molar-refractivity contribution is 1.07. The molecule has 0 unspecified atom stereocenters. The van der Waals surface area contributed by atoms with Crippen LogP contribution < -0.4 is 5.73 Å². The number of rotatable bonds is 1. The fourth-order valence-corrected chi connectivity index (χ4v) is 2.78. The van der Waals surface area contributed by atoms with Gasteiger partial charge in [-0.05, 0) is 31.0 Å². The van der Waals surface area contributed by atoms with Gasteiger partial charge in [0.05, 0.1) is 10.5 Å². The molecular weight excluding hydrogens is 288 g/mol. The monoisotopic (exact) mass is 298 g/mol. The number of fused-ring (bicyclic) bond motifs is 1. The Bertz CT molecular complexity index is 567. The first-order valence-corrected chi connectivity index (χ1v) is 6.25. The number of hydrogen-bond donors (Lipinski definition) is 1. The summed E-state index contributed by atoms with van der Waals surface area (Å²) in [7, 11) is 0. The highest BCUT2D eigenvalue weighted by molar-refractivity contribution is 9.10. The lowest BCUT2D eigenvalue weighted by atomic mass is 10.0. The summed E-state index contributed by atoms with van der Waals surface area (Å²) < 4.78 is 0.921. The third kappa shape index (κ3) is 1.78. The van der Waals surface area contributed by atoms with Crippen molar-refractivity contribution in [1.29, 1.82) is 0 Å². The Kier molecular flexibility index (Phi) is 3.08. The Labute approximate surface area is 108 Å². The zero-order chi connectivity index (χ0) is 11.9. The zero-order valence-electron chi connectivity index (χ0n) is 9.14. The molecule has 1 aromatic carbocycles. The summed E-state index contributed by atoms with van der Waals surface area (Å²) in [5, 5.41) is 1.55. The van der Waals surface area contributed by atoms with Crippen molar-refractivity contribution < 1.29 is 0 Å². The molecule has 0 aliphatic heterocycles. The van der Waals surface area contributed by atoms with Crippen molar-refractivity contribution in [3.05, 3.63) is 32.9 Å². The largest absolute Gasteiger partial charge is 0.398 e. The highest BCUT2D eigenvalue weighted by Gasteiger charge is 2.11. The summed E-state index contributed by atoms with van der Waals surface area (Å²) in [6.07, 6.45) is 0.880. The zero-order valence-corrected chi connectivity index (χ0v) is 11.5. The molecule has 1 heterocycles. The van der Waals surface area contributed by atoms with Gasteiger partial charge >= 0.3 is 0 Å². The second kappa shape index (κ2) is 4.22. The molecule has 2 N–H and O–H groups in total. The van der Waals surface area contributed by atoms with Gasteiger partial charge in [-0.2, -0.15) is 0 Å². The molecule has 0 aliphatic rings. The average Bonchev–Trinajstić information content (AvgIpc) is 2.21. The molecule has 0 aliphatic carbocycles. The number of halogens is 2. The van der Waals surface area contributed by atoms with E-state index in [4.69, 9.17) is 17.3 Å². The predicted octanol–water partition coefficient (Wildman–Crippen LogP) is 4.10. The number of benzene rings is 1. The maximum Gasteiger partial charge on any atom is 0.0913 e. The van der Waals surface area contributed by atoms with Crippen molar-refractivity contribution in [3.8, 4) is 0 Å². The molecule has 0 spiro atoms. The Morgan fingerprint density at radius 1 is 1.44 bits per heavy atom. The Balaban J connectivity index is 2.93. The van der Waals surface area contributed by atoms with E-state index in [9.17, 15) is 0 Å². The number of nitrogens with two attached hydrogens (primary N) is 1. The molecule has 2 nitrogen and oxygen atoms in total. The molecule has 0 radical (unpaired) electrons. The van der Waals surface area contributed by atoms with E-state index in [2.05, 4.69) is 27.8 Å². The molecule has 1 aromatic heterocycles.